The van der Waals surface area contributed by atoms with Gasteiger partial charge in [-0.2, -0.15) is 5.10 Å². The van der Waals surface area contributed by atoms with Crippen molar-refractivity contribution in [3.8, 4) is 11.3 Å². The number of benzene rings is 2. The highest BCUT2D eigenvalue weighted by molar-refractivity contribution is 6.00. The first-order valence-electron chi connectivity index (χ1n) is 8.42. The summed E-state index contributed by atoms with van der Waals surface area (Å²) in [7, 11) is 0. The maximum absolute atomic E-state index is 13.0. The van der Waals surface area contributed by atoms with Crippen molar-refractivity contribution >= 4 is 18.3 Å². The number of nitrogens with two attached hydrogens (primary N) is 1. The third-order valence-electron chi connectivity index (χ3n) is 4.51. The van der Waals surface area contributed by atoms with Gasteiger partial charge in [-0.1, -0.05) is 60.7 Å². The molecule has 2 unspecified atom stereocenters. The lowest BCUT2D eigenvalue weighted by Crippen LogP contribution is -2.38. The van der Waals surface area contributed by atoms with Gasteiger partial charge in [-0.05, 0) is 12.5 Å². The molecule has 1 aromatic heterocycles. The fraction of sp³-hybridized carbons (Fsp3) is 0.200. The van der Waals surface area contributed by atoms with Crippen LogP contribution in [0.25, 0.3) is 11.3 Å². The van der Waals surface area contributed by atoms with Crippen LogP contribution in [0, 0.1) is 0 Å². The van der Waals surface area contributed by atoms with E-state index in [0.717, 1.165) is 22.4 Å². The van der Waals surface area contributed by atoms with Gasteiger partial charge < -0.3 is 10.6 Å². The molecule has 0 saturated heterocycles. The number of hydrogen-bond acceptors (Lipinski definition) is 3. The van der Waals surface area contributed by atoms with Gasteiger partial charge >= 0.3 is 0 Å². The minimum Gasteiger partial charge on any atom is -0.326 e. The van der Waals surface area contributed by atoms with Crippen molar-refractivity contribution in [2.24, 2.45) is 5.73 Å². The Bertz CT molecular complexity index is 893. The van der Waals surface area contributed by atoms with Crippen LogP contribution in [0.5, 0.6) is 0 Å². The van der Waals surface area contributed by atoms with Gasteiger partial charge in [-0.25, -0.2) is 0 Å². The Kier molecular flexibility index (Phi) is 5.11. The Balaban J connectivity index is 0.00000196. The van der Waals surface area contributed by atoms with E-state index in [1.165, 1.54) is 0 Å². The van der Waals surface area contributed by atoms with Gasteiger partial charge in [0.25, 0.3) is 5.91 Å². The Hall–Kier alpha value is -2.63. The van der Waals surface area contributed by atoms with E-state index in [1.807, 2.05) is 72.5 Å². The molecule has 1 amide bonds. The van der Waals surface area contributed by atoms with Crippen molar-refractivity contribution in [1.29, 1.82) is 0 Å². The molecule has 5 nitrogen and oxygen atoms in total. The van der Waals surface area contributed by atoms with E-state index < -0.39 is 0 Å². The molecule has 134 valence electrons. The first-order valence-corrected chi connectivity index (χ1v) is 8.42. The van der Waals surface area contributed by atoms with Crippen molar-refractivity contribution < 1.29 is 4.79 Å². The smallest absolute Gasteiger partial charge is 0.273 e. The van der Waals surface area contributed by atoms with E-state index >= 15 is 0 Å². The van der Waals surface area contributed by atoms with Gasteiger partial charge in [0.05, 0.1) is 11.7 Å². The van der Waals surface area contributed by atoms with E-state index in [4.69, 9.17) is 5.73 Å². The molecule has 3 aromatic rings. The first kappa shape index (κ1) is 18.2. The monoisotopic (exact) mass is 368 g/mol. The lowest BCUT2D eigenvalue weighted by molar-refractivity contribution is 0.0735. The second kappa shape index (κ2) is 7.32. The Morgan fingerprint density at radius 1 is 1.12 bits per heavy atom. The molecule has 2 atom stereocenters. The van der Waals surface area contributed by atoms with Crippen LogP contribution in [0.15, 0.2) is 60.7 Å². The number of aromatic amines is 1. The average molecular weight is 369 g/mol. The van der Waals surface area contributed by atoms with E-state index in [0.29, 0.717) is 12.2 Å². The maximum atomic E-state index is 13.0. The molecular weight excluding hydrogens is 348 g/mol. The zero-order chi connectivity index (χ0) is 17.4. The zero-order valence-electron chi connectivity index (χ0n) is 14.4. The zero-order valence-corrected chi connectivity index (χ0v) is 15.2. The van der Waals surface area contributed by atoms with Crippen LogP contribution >= 0.6 is 12.4 Å². The molecule has 2 aromatic carbocycles. The van der Waals surface area contributed by atoms with Crippen LogP contribution in [0.3, 0.4) is 0 Å². The van der Waals surface area contributed by atoms with Crippen molar-refractivity contribution in [3.63, 3.8) is 0 Å². The van der Waals surface area contributed by atoms with Gasteiger partial charge in [0.1, 0.15) is 5.69 Å². The number of amides is 1. The predicted octanol–water partition coefficient (Wildman–Crippen LogP) is 3.39. The van der Waals surface area contributed by atoms with Crippen LogP contribution in [-0.4, -0.2) is 33.6 Å². The summed E-state index contributed by atoms with van der Waals surface area (Å²) in [5, 5.41) is 7.40. The van der Waals surface area contributed by atoms with E-state index in [2.05, 4.69) is 10.2 Å². The number of nitrogens with zero attached hydrogens (tertiary/aromatic N) is 2. The number of rotatable bonds is 4. The Morgan fingerprint density at radius 2 is 1.73 bits per heavy atom. The molecule has 4 rings (SSSR count). The molecule has 0 radical (unpaired) electrons. The number of H-pyrrole nitrogens is 1. The lowest BCUT2D eigenvalue weighted by Gasteiger charge is -2.27. The minimum atomic E-state index is -0.177. The standard InChI is InChI=1S/C20H20N4O.ClH/c1-13(21)12-24-19(15-10-6-3-7-11-15)16-17(14-8-4-2-5-9-14)22-23-18(16)20(24)25;/h2-11,13,19H,12,21H2,1H3,(H,22,23);1H. The van der Waals surface area contributed by atoms with Crippen LogP contribution in [0.2, 0.25) is 0 Å². The van der Waals surface area contributed by atoms with Gasteiger partial charge in [0, 0.05) is 23.7 Å². The van der Waals surface area contributed by atoms with Gasteiger partial charge in [0.2, 0.25) is 0 Å². The van der Waals surface area contributed by atoms with E-state index in [9.17, 15) is 4.79 Å². The van der Waals surface area contributed by atoms with Gasteiger partial charge in [-0.3, -0.25) is 9.89 Å². The summed E-state index contributed by atoms with van der Waals surface area (Å²) in [6.07, 6.45) is 0. The molecule has 2 heterocycles. The molecule has 1 aliphatic heterocycles. The third kappa shape index (κ3) is 3.00. The van der Waals surface area contributed by atoms with Gasteiger partial charge in [0.15, 0.2) is 0 Å². The number of fused-ring (bicyclic) bond motifs is 1. The highest BCUT2D eigenvalue weighted by Crippen LogP contribution is 2.42. The fourth-order valence-corrected chi connectivity index (χ4v) is 3.49. The normalized spacial score (nSPS) is 16.9. The molecule has 0 bridgehead atoms. The molecule has 3 N–H and O–H groups in total. The number of carbonyl (C=O) groups excluding carboxylic acids is 1. The molecule has 0 aliphatic carbocycles. The minimum absolute atomic E-state index is 0. The summed E-state index contributed by atoms with van der Waals surface area (Å²) in [6.45, 7) is 2.41. The molecule has 0 fully saturated rings. The van der Waals surface area contributed by atoms with Crippen molar-refractivity contribution in [2.75, 3.05) is 6.54 Å². The fourth-order valence-electron chi connectivity index (χ4n) is 3.49. The second-order valence-corrected chi connectivity index (χ2v) is 6.47. The number of nitrogens with one attached hydrogen (secondary N) is 1. The number of carbonyl (C=O) groups is 1. The third-order valence-corrected chi connectivity index (χ3v) is 4.51. The summed E-state index contributed by atoms with van der Waals surface area (Å²) in [5.41, 5.74) is 10.4. The quantitative estimate of drug-likeness (QED) is 0.741. The highest BCUT2D eigenvalue weighted by atomic mass is 35.5. The highest BCUT2D eigenvalue weighted by Gasteiger charge is 2.42. The first-order chi connectivity index (χ1) is 12.2. The summed E-state index contributed by atoms with van der Waals surface area (Å²) in [4.78, 5) is 14.8. The van der Waals surface area contributed by atoms with Crippen LogP contribution in [-0.2, 0) is 0 Å². The lowest BCUT2D eigenvalue weighted by atomic mass is 9.96. The van der Waals surface area contributed by atoms with E-state index in [-0.39, 0.29) is 30.4 Å². The van der Waals surface area contributed by atoms with Crippen molar-refractivity contribution in [3.05, 3.63) is 77.5 Å². The average Bonchev–Trinajstić information content (AvgIpc) is 3.16. The topological polar surface area (TPSA) is 75.0 Å². The van der Waals surface area contributed by atoms with Crippen LogP contribution in [0.1, 0.15) is 34.6 Å². The summed E-state index contributed by atoms with van der Waals surface area (Å²) in [5.74, 6) is -0.0455. The number of aromatic nitrogens is 2. The van der Waals surface area contributed by atoms with Gasteiger partial charge in [-0.15, -0.1) is 12.4 Å². The number of halogens is 1. The maximum Gasteiger partial charge on any atom is 0.273 e. The molecule has 6 heteroatoms. The molecular formula is C20H21ClN4O. The number of hydrogen-bond donors (Lipinski definition) is 2. The molecule has 0 saturated carbocycles. The van der Waals surface area contributed by atoms with Crippen molar-refractivity contribution in [2.45, 2.75) is 19.0 Å². The van der Waals surface area contributed by atoms with Crippen LogP contribution < -0.4 is 5.73 Å². The van der Waals surface area contributed by atoms with E-state index in [1.54, 1.807) is 0 Å². The predicted molar refractivity (Wildman–Crippen MR) is 104 cm³/mol. The molecule has 0 spiro atoms. The summed E-state index contributed by atoms with van der Waals surface area (Å²) >= 11 is 0. The summed E-state index contributed by atoms with van der Waals surface area (Å²) in [6, 6.07) is 19.7. The summed E-state index contributed by atoms with van der Waals surface area (Å²) < 4.78 is 0. The molecule has 26 heavy (non-hydrogen) atoms. The largest absolute Gasteiger partial charge is 0.326 e. The molecule has 1 aliphatic rings. The Labute approximate surface area is 158 Å². The van der Waals surface area contributed by atoms with Crippen molar-refractivity contribution in [1.82, 2.24) is 15.1 Å². The Morgan fingerprint density at radius 3 is 2.35 bits per heavy atom. The van der Waals surface area contributed by atoms with Crippen LogP contribution in [0.4, 0.5) is 0 Å². The second-order valence-electron chi connectivity index (χ2n) is 6.47. The SMILES string of the molecule is CC(N)CN1C(=O)c2[nH]nc(-c3ccccc3)c2C1c1ccccc1.Cl.